The lowest BCUT2D eigenvalue weighted by Crippen LogP contribution is -2.06. The van der Waals surface area contributed by atoms with Crippen LogP contribution in [-0.4, -0.2) is 5.12 Å². The van der Waals surface area contributed by atoms with E-state index in [4.69, 9.17) is 11.2 Å². The van der Waals surface area contributed by atoms with Crippen LogP contribution in [0.2, 0.25) is 0 Å². The van der Waals surface area contributed by atoms with Gasteiger partial charge in [0.25, 0.3) is 0 Å². The molecule has 0 aliphatic carbocycles. The van der Waals surface area contributed by atoms with Gasteiger partial charge in [0.05, 0.1) is 0 Å². The Morgan fingerprint density at radius 2 is 1.92 bits per heavy atom. The number of carbonyl (C=O) groups is 1. The summed E-state index contributed by atoms with van der Waals surface area (Å²) in [5.41, 5.74) is 0.530. The van der Waals surface area contributed by atoms with Crippen LogP contribution in [0.25, 0.3) is 0 Å². The first-order valence-electron chi connectivity index (χ1n) is 3.79. The van der Waals surface area contributed by atoms with Gasteiger partial charge in [0.15, 0.2) is 0 Å². The number of hydrogen-bond acceptors (Lipinski definition) is 2. The Morgan fingerprint density at radius 3 is 2.38 bits per heavy atom. The van der Waals surface area contributed by atoms with Crippen molar-refractivity contribution in [2.75, 3.05) is 0 Å². The third-order valence-corrected chi connectivity index (χ3v) is 3.89. The highest BCUT2D eigenvalue weighted by Crippen LogP contribution is 2.09. The Hall–Kier alpha value is -0.800. The third-order valence-electron chi connectivity index (χ3n) is 1.47. The van der Waals surface area contributed by atoms with Crippen LogP contribution < -0.4 is 0 Å². The lowest BCUT2D eigenvalue weighted by atomic mass is 10.4. The molecular weight excluding hydrogens is 200 g/mol. The maximum Gasteiger partial charge on any atom is 0.223 e. The molecule has 0 N–H and O–H groups in total. The molecule has 0 aliphatic heterocycles. The smallest absolute Gasteiger partial charge is 0.223 e. The molecule has 68 valence electrons. The van der Waals surface area contributed by atoms with Crippen LogP contribution in [-0.2, 0) is 25.4 Å². The Labute approximate surface area is 85.1 Å². The summed E-state index contributed by atoms with van der Waals surface area (Å²) in [6, 6.07) is 9.41. The largest absolute Gasteiger partial charge is 0.281 e. The molecule has 0 aliphatic rings. The van der Waals surface area contributed by atoms with Crippen LogP contribution in [0.5, 0.6) is 0 Å². The number of benzene rings is 1. The third kappa shape index (κ3) is 2.57. The zero-order chi connectivity index (χ0) is 9.84. The van der Waals surface area contributed by atoms with E-state index in [1.807, 2.05) is 30.3 Å². The molecule has 3 heteroatoms. The van der Waals surface area contributed by atoms with Crippen LogP contribution in [0.4, 0.5) is 0 Å². The second kappa shape index (κ2) is 4.44. The normalized spacial score (nSPS) is 12.1. The highest BCUT2D eigenvalue weighted by atomic mass is 32.8. The molecule has 1 nitrogen and oxygen atoms in total. The molecular formula is C10H10OS2. The van der Waals surface area contributed by atoms with Crippen molar-refractivity contribution >= 4 is 25.8 Å². The minimum absolute atomic E-state index is 0.0406. The summed E-state index contributed by atoms with van der Waals surface area (Å²) < 4.78 is 0. The monoisotopic (exact) mass is 210 g/mol. The number of hydrogen-bond donors (Lipinski definition) is 0. The quantitative estimate of drug-likeness (QED) is 0.696. The van der Waals surface area contributed by atoms with Gasteiger partial charge in [-0.2, -0.15) is 0 Å². The van der Waals surface area contributed by atoms with E-state index in [-0.39, 0.29) is 5.12 Å². The predicted molar refractivity (Wildman–Crippen MR) is 59.3 cm³/mol. The Kier molecular flexibility index (Phi) is 3.51. The first-order chi connectivity index (χ1) is 6.13. The van der Waals surface area contributed by atoms with Crippen molar-refractivity contribution in [2.45, 2.75) is 11.8 Å². The van der Waals surface area contributed by atoms with Gasteiger partial charge in [0, 0.05) is 4.90 Å². The maximum atomic E-state index is 11.5. The van der Waals surface area contributed by atoms with Crippen LogP contribution in [0.1, 0.15) is 6.92 Å². The maximum absolute atomic E-state index is 11.5. The van der Waals surface area contributed by atoms with Gasteiger partial charge in [-0.3, -0.25) is 4.79 Å². The lowest BCUT2D eigenvalue weighted by molar-refractivity contribution is -0.107. The van der Waals surface area contributed by atoms with Gasteiger partial charge in [0.1, 0.15) is 0 Å². The summed E-state index contributed by atoms with van der Waals surface area (Å²) in [5.74, 6) is 0. The number of carbonyl (C=O) groups excluding carboxylic acids is 1. The van der Waals surface area contributed by atoms with Crippen LogP contribution in [0.3, 0.4) is 0 Å². The summed E-state index contributed by atoms with van der Waals surface area (Å²) in [4.78, 5) is 12.3. The van der Waals surface area contributed by atoms with E-state index in [1.54, 1.807) is 6.92 Å². The molecule has 0 fully saturated rings. The number of rotatable bonds is 2. The predicted octanol–water partition coefficient (Wildman–Crippen LogP) is 2.23. The van der Waals surface area contributed by atoms with E-state index < -0.39 is 9.45 Å². The Balaban J connectivity index is 2.93. The fourth-order valence-corrected chi connectivity index (χ4v) is 2.50. The highest BCUT2D eigenvalue weighted by Gasteiger charge is 2.09. The van der Waals surface area contributed by atoms with Crippen LogP contribution in [0, 0.1) is 0 Å². The van der Waals surface area contributed by atoms with Gasteiger partial charge in [-0.05, 0) is 45.3 Å². The van der Waals surface area contributed by atoms with E-state index in [9.17, 15) is 4.79 Å². The van der Waals surface area contributed by atoms with Crippen molar-refractivity contribution < 1.29 is 4.79 Å². The van der Waals surface area contributed by atoms with E-state index in [1.165, 1.54) is 0 Å². The second-order valence-corrected chi connectivity index (χ2v) is 5.03. The van der Waals surface area contributed by atoms with Gasteiger partial charge in [-0.1, -0.05) is 24.8 Å². The highest BCUT2D eigenvalue weighted by molar-refractivity contribution is 8.37. The van der Waals surface area contributed by atoms with Gasteiger partial charge >= 0.3 is 0 Å². The fourth-order valence-electron chi connectivity index (χ4n) is 0.809. The first kappa shape index (κ1) is 10.3. The van der Waals surface area contributed by atoms with Crippen molar-refractivity contribution in [1.29, 1.82) is 0 Å². The summed E-state index contributed by atoms with van der Waals surface area (Å²) in [6.07, 6.45) is 0. The molecule has 0 aromatic heterocycles. The van der Waals surface area contributed by atoms with Crippen LogP contribution in [0.15, 0.2) is 47.4 Å². The molecule has 1 aromatic rings. The molecule has 0 amide bonds. The SMILES string of the molecule is C=C(C)C(=O)S(=S)c1ccccc1. The summed E-state index contributed by atoms with van der Waals surface area (Å²) in [5, 5.41) is -0.0406. The zero-order valence-electron chi connectivity index (χ0n) is 7.32. The van der Waals surface area contributed by atoms with Gasteiger partial charge in [0.2, 0.25) is 5.12 Å². The van der Waals surface area contributed by atoms with Crippen molar-refractivity contribution in [1.82, 2.24) is 0 Å². The molecule has 0 saturated heterocycles. The minimum atomic E-state index is -0.763. The van der Waals surface area contributed by atoms with E-state index in [2.05, 4.69) is 6.58 Å². The molecule has 1 atom stereocenters. The minimum Gasteiger partial charge on any atom is -0.281 e. The summed E-state index contributed by atoms with van der Waals surface area (Å²) in [7, 11) is -0.763. The van der Waals surface area contributed by atoms with Crippen molar-refractivity contribution in [3.8, 4) is 0 Å². The van der Waals surface area contributed by atoms with Gasteiger partial charge in [-0.25, -0.2) is 0 Å². The van der Waals surface area contributed by atoms with E-state index in [0.717, 1.165) is 4.90 Å². The molecule has 0 bridgehead atoms. The standard InChI is InChI=1S/C10H10OS2/c1-8(2)10(11)13(12)9-6-4-3-5-7-9/h3-7H,1H2,2H3. The Morgan fingerprint density at radius 1 is 1.38 bits per heavy atom. The van der Waals surface area contributed by atoms with Crippen molar-refractivity contribution in [3.05, 3.63) is 42.5 Å². The molecule has 1 rings (SSSR count). The van der Waals surface area contributed by atoms with Crippen molar-refractivity contribution in [3.63, 3.8) is 0 Å². The summed E-state index contributed by atoms with van der Waals surface area (Å²) in [6.45, 7) is 5.28. The van der Waals surface area contributed by atoms with E-state index >= 15 is 0 Å². The zero-order valence-corrected chi connectivity index (χ0v) is 8.95. The molecule has 0 saturated carbocycles. The molecule has 1 aromatic carbocycles. The van der Waals surface area contributed by atoms with Crippen molar-refractivity contribution in [2.24, 2.45) is 0 Å². The molecule has 0 spiro atoms. The average molecular weight is 210 g/mol. The first-order valence-corrected chi connectivity index (χ1v) is 5.94. The topological polar surface area (TPSA) is 17.1 Å². The molecule has 1 unspecified atom stereocenters. The molecule has 0 radical (unpaired) electrons. The lowest BCUT2D eigenvalue weighted by Gasteiger charge is -2.02. The van der Waals surface area contributed by atoms with E-state index in [0.29, 0.717) is 5.57 Å². The average Bonchev–Trinajstić information content (AvgIpc) is 2.17. The molecule has 13 heavy (non-hydrogen) atoms. The summed E-state index contributed by atoms with van der Waals surface area (Å²) >= 11 is 5.12. The fraction of sp³-hybridized carbons (Fsp3) is 0.100. The second-order valence-electron chi connectivity index (χ2n) is 2.65. The van der Waals surface area contributed by atoms with Crippen LogP contribution >= 0.6 is 0 Å². The van der Waals surface area contributed by atoms with Gasteiger partial charge < -0.3 is 0 Å². The Bertz CT molecular complexity index is 354. The van der Waals surface area contributed by atoms with Gasteiger partial charge in [-0.15, -0.1) is 0 Å². The molecule has 0 heterocycles.